The summed E-state index contributed by atoms with van der Waals surface area (Å²) in [5, 5.41) is 15.5. The summed E-state index contributed by atoms with van der Waals surface area (Å²) in [6.45, 7) is 2.07. The van der Waals surface area contributed by atoms with E-state index in [1.54, 1.807) is 6.92 Å². The molecular weight excluding hydrogens is 288 g/mol. The van der Waals surface area contributed by atoms with Gasteiger partial charge < -0.3 is 10.6 Å². The Balaban J connectivity index is 2.80. The molecule has 0 radical (unpaired) electrons. The van der Waals surface area contributed by atoms with Crippen LogP contribution in [0.25, 0.3) is 0 Å². The van der Waals surface area contributed by atoms with Crippen LogP contribution in [0, 0.1) is 21.7 Å². The summed E-state index contributed by atoms with van der Waals surface area (Å²) in [5.41, 5.74) is -1.45. The van der Waals surface area contributed by atoms with Crippen molar-refractivity contribution in [2.75, 3.05) is 13.1 Å². The van der Waals surface area contributed by atoms with Gasteiger partial charge in [-0.1, -0.05) is 0 Å². The third kappa shape index (κ3) is 4.48. The van der Waals surface area contributed by atoms with E-state index in [0.29, 0.717) is 18.7 Å². The van der Waals surface area contributed by atoms with Gasteiger partial charge in [0, 0.05) is 19.5 Å². The van der Waals surface area contributed by atoms with Crippen LogP contribution < -0.4 is 10.6 Å². The summed E-state index contributed by atoms with van der Waals surface area (Å²) in [4.78, 5) is 32.6. The van der Waals surface area contributed by atoms with Crippen LogP contribution in [0.5, 0.6) is 0 Å². The number of nitrogens with one attached hydrogen (secondary N) is 2. The highest BCUT2D eigenvalue weighted by molar-refractivity contribution is 5.98. The second-order valence-corrected chi connectivity index (χ2v) is 4.00. The van der Waals surface area contributed by atoms with Gasteiger partial charge >= 0.3 is 0 Å². The topological polar surface area (TPSA) is 101 Å². The maximum atomic E-state index is 13.1. The van der Waals surface area contributed by atoms with Crippen molar-refractivity contribution in [3.63, 3.8) is 0 Å². The minimum absolute atomic E-state index is 0.0307. The molecule has 2 amide bonds. The summed E-state index contributed by atoms with van der Waals surface area (Å²) < 4.78 is 26.1. The molecule has 0 saturated carbocycles. The van der Waals surface area contributed by atoms with E-state index in [1.807, 2.05) is 0 Å². The van der Waals surface area contributed by atoms with E-state index in [0.717, 1.165) is 0 Å². The molecule has 1 rings (SSSR count). The lowest BCUT2D eigenvalue weighted by atomic mass is 10.1. The molecule has 0 bridgehead atoms. The van der Waals surface area contributed by atoms with E-state index in [-0.39, 0.29) is 18.9 Å². The predicted molar refractivity (Wildman–Crippen MR) is 68.6 cm³/mol. The van der Waals surface area contributed by atoms with Crippen LogP contribution >= 0.6 is 0 Å². The van der Waals surface area contributed by atoms with Gasteiger partial charge in [-0.2, -0.15) is 0 Å². The Morgan fingerprint density at radius 2 is 1.86 bits per heavy atom. The zero-order chi connectivity index (χ0) is 16.0. The molecule has 0 aliphatic carbocycles. The lowest BCUT2D eigenvalue weighted by molar-refractivity contribution is -0.385. The van der Waals surface area contributed by atoms with Gasteiger partial charge in [0.15, 0.2) is 11.6 Å². The van der Waals surface area contributed by atoms with Gasteiger partial charge in [0.05, 0.1) is 11.0 Å². The number of hydrogen-bond donors (Lipinski definition) is 2. The molecule has 0 aromatic heterocycles. The fourth-order valence-electron chi connectivity index (χ4n) is 1.54. The Kier molecular flexibility index (Phi) is 5.70. The number of nitro benzene ring substituents is 1. The molecule has 0 fully saturated rings. The zero-order valence-corrected chi connectivity index (χ0v) is 11.1. The highest BCUT2D eigenvalue weighted by Crippen LogP contribution is 2.22. The van der Waals surface area contributed by atoms with Crippen molar-refractivity contribution in [2.45, 2.75) is 13.3 Å². The highest BCUT2D eigenvalue weighted by atomic mass is 19.2. The Morgan fingerprint density at radius 1 is 1.24 bits per heavy atom. The van der Waals surface area contributed by atoms with Gasteiger partial charge in [-0.3, -0.25) is 19.7 Å². The molecule has 0 aliphatic rings. The predicted octanol–water partition coefficient (Wildman–Crippen LogP) is 1.13. The maximum absolute atomic E-state index is 13.1. The quantitative estimate of drug-likeness (QED) is 0.607. The van der Waals surface area contributed by atoms with Crippen LogP contribution in [0.1, 0.15) is 23.7 Å². The van der Waals surface area contributed by atoms with Crippen molar-refractivity contribution in [3.8, 4) is 0 Å². The number of amides is 2. The summed E-state index contributed by atoms with van der Waals surface area (Å²) in [6.07, 6.45) is -0.0307. The van der Waals surface area contributed by atoms with Gasteiger partial charge in [0.1, 0.15) is 5.56 Å². The molecule has 0 spiro atoms. The van der Waals surface area contributed by atoms with E-state index in [1.165, 1.54) is 0 Å². The van der Waals surface area contributed by atoms with Crippen molar-refractivity contribution < 1.29 is 23.3 Å². The van der Waals surface area contributed by atoms with Crippen LogP contribution in [-0.4, -0.2) is 29.8 Å². The molecular formula is C12H13F2N3O4. The number of hydrogen-bond acceptors (Lipinski definition) is 4. The average Bonchev–Trinajstić information content (AvgIpc) is 2.41. The molecule has 114 valence electrons. The number of rotatable bonds is 6. The smallest absolute Gasteiger partial charge is 0.285 e. The van der Waals surface area contributed by atoms with Gasteiger partial charge in [0.25, 0.3) is 11.6 Å². The molecule has 9 heteroatoms. The third-order valence-corrected chi connectivity index (χ3v) is 2.49. The minimum Gasteiger partial charge on any atom is -0.356 e. The van der Waals surface area contributed by atoms with E-state index in [2.05, 4.69) is 10.6 Å². The Labute approximate surface area is 118 Å². The van der Waals surface area contributed by atoms with Crippen LogP contribution in [0.2, 0.25) is 0 Å². The number of halogens is 2. The third-order valence-electron chi connectivity index (χ3n) is 2.49. The largest absolute Gasteiger partial charge is 0.356 e. The SMILES string of the molecule is CCNC(=O)CCNC(=O)c1cc(F)c(F)cc1[N+](=O)[O-]. The first-order valence-electron chi connectivity index (χ1n) is 6.05. The van der Waals surface area contributed by atoms with Crippen molar-refractivity contribution in [1.82, 2.24) is 10.6 Å². The minimum atomic E-state index is -1.42. The molecule has 0 aliphatic heterocycles. The second-order valence-electron chi connectivity index (χ2n) is 4.00. The van der Waals surface area contributed by atoms with Crippen molar-refractivity contribution in [3.05, 3.63) is 39.4 Å². The van der Waals surface area contributed by atoms with Crippen LogP contribution in [-0.2, 0) is 4.79 Å². The number of nitro groups is 1. The van der Waals surface area contributed by atoms with Crippen molar-refractivity contribution in [2.24, 2.45) is 0 Å². The monoisotopic (exact) mass is 301 g/mol. The summed E-state index contributed by atoms with van der Waals surface area (Å²) in [5.74, 6) is -4.04. The molecule has 0 heterocycles. The molecule has 1 aromatic carbocycles. The van der Waals surface area contributed by atoms with Crippen LogP contribution in [0.15, 0.2) is 12.1 Å². The Morgan fingerprint density at radius 3 is 2.43 bits per heavy atom. The zero-order valence-electron chi connectivity index (χ0n) is 11.1. The van der Waals surface area contributed by atoms with E-state index >= 15 is 0 Å². The van der Waals surface area contributed by atoms with Crippen LogP contribution in [0.4, 0.5) is 14.5 Å². The first kappa shape index (κ1) is 16.5. The normalized spacial score (nSPS) is 10.0. The summed E-state index contributed by atoms with van der Waals surface area (Å²) in [7, 11) is 0. The number of carbonyl (C=O) groups excluding carboxylic acids is 2. The number of benzene rings is 1. The maximum Gasteiger partial charge on any atom is 0.285 e. The first-order chi connectivity index (χ1) is 9.86. The van der Waals surface area contributed by atoms with E-state index in [4.69, 9.17) is 0 Å². The molecule has 0 unspecified atom stereocenters. The average molecular weight is 301 g/mol. The number of nitrogens with zero attached hydrogens (tertiary/aromatic N) is 1. The summed E-state index contributed by atoms with van der Waals surface area (Å²) >= 11 is 0. The molecule has 21 heavy (non-hydrogen) atoms. The van der Waals surface area contributed by atoms with Crippen molar-refractivity contribution >= 4 is 17.5 Å². The Hall–Kier alpha value is -2.58. The highest BCUT2D eigenvalue weighted by Gasteiger charge is 2.23. The second kappa shape index (κ2) is 7.27. The van der Waals surface area contributed by atoms with E-state index < -0.39 is 33.7 Å². The molecule has 2 N–H and O–H groups in total. The molecule has 0 atom stereocenters. The van der Waals surface area contributed by atoms with E-state index in [9.17, 15) is 28.5 Å². The molecule has 7 nitrogen and oxygen atoms in total. The first-order valence-corrected chi connectivity index (χ1v) is 6.05. The van der Waals surface area contributed by atoms with Gasteiger partial charge in [-0.25, -0.2) is 8.78 Å². The molecule has 1 aromatic rings. The Bertz CT molecular complexity index is 578. The molecule has 0 saturated heterocycles. The lowest BCUT2D eigenvalue weighted by Crippen LogP contribution is -2.31. The van der Waals surface area contributed by atoms with Gasteiger partial charge in [0.2, 0.25) is 5.91 Å². The fraction of sp³-hybridized carbons (Fsp3) is 0.333. The van der Waals surface area contributed by atoms with Gasteiger partial charge in [-0.05, 0) is 13.0 Å². The summed E-state index contributed by atoms with van der Waals surface area (Å²) in [6, 6.07) is 0.795. The number of carbonyl (C=O) groups is 2. The van der Waals surface area contributed by atoms with Crippen LogP contribution in [0.3, 0.4) is 0 Å². The van der Waals surface area contributed by atoms with Crippen molar-refractivity contribution in [1.29, 1.82) is 0 Å². The fourth-order valence-corrected chi connectivity index (χ4v) is 1.54. The lowest BCUT2D eigenvalue weighted by Gasteiger charge is -2.06. The van der Waals surface area contributed by atoms with Gasteiger partial charge in [-0.15, -0.1) is 0 Å². The standard InChI is InChI=1S/C12H13F2N3O4/c1-2-15-11(18)3-4-16-12(19)7-5-8(13)9(14)6-10(7)17(20)21/h5-6H,2-4H2,1H3,(H,15,18)(H,16,19).